The van der Waals surface area contributed by atoms with Crippen LogP contribution >= 0.6 is 0 Å². The number of rotatable bonds is 11. The van der Waals surface area contributed by atoms with Gasteiger partial charge in [0, 0.05) is 12.5 Å². The van der Waals surface area contributed by atoms with Crippen LogP contribution in [0.3, 0.4) is 0 Å². The number of hydrogen-bond donors (Lipinski definition) is 3. The second-order valence-corrected chi connectivity index (χ2v) is 6.89. The minimum absolute atomic E-state index is 0.0558. The second-order valence-electron chi connectivity index (χ2n) is 4.96. The Morgan fingerprint density at radius 3 is 2.38 bits per heavy atom. The average molecular weight is 324 g/mol. The van der Waals surface area contributed by atoms with E-state index in [4.69, 9.17) is 9.84 Å². The van der Waals surface area contributed by atoms with E-state index >= 15 is 0 Å². The summed E-state index contributed by atoms with van der Waals surface area (Å²) in [4.78, 5) is 21.9. The Bertz CT molecular complexity index is 435. The standard InChI is InChI=1S/C12H24N2O6S/c1-9(2)20-6-7-21(18,19)13-8-11(15)14-10(3)4-5-12(16)17/h9-10,13H,4-8H2,1-3H3,(H,14,15)(H,16,17). The Kier molecular flexibility index (Phi) is 9.14. The predicted molar refractivity (Wildman–Crippen MR) is 77.4 cm³/mol. The summed E-state index contributed by atoms with van der Waals surface area (Å²) in [5, 5.41) is 11.0. The predicted octanol–water partition coefficient (Wildman–Crippen LogP) is -0.300. The highest BCUT2D eigenvalue weighted by molar-refractivity contribution is 7.89. The highest BCUT2D eigenvalue weighted by Gasteiger charge is 2.14. The van der Waals surface area contributed by atoms with E-state index < -0.39 is 21.9 Å². The molecule has 0 aromatic rings. The Morgan fingerprint density at radius 2 is 1.86 bits per heavy atom. The molecule has 0 fully saturated rings. The summed E-state index contributed by atoms with van der Waals surface area (Å²) in [6, 6.07) is -0.331. The molecule has 0 aromatic carbocycles. The van der Waals surface area contributed by atoms with Gasteiger partial charge >= 0.3 is 5.97 Å². The molecule has 0 bridgehead atoms. The van der Waals surface area contributed by atoms with Crippen LogP contribution in [0.25, 0.3) is 0 Å². The van der Waals surface area contributed by atoms with Gasteiger partial charge in [0.25, 0.3) is 0 Å². The van der Waals surface area contributed by atoms with Gasteiger partial charge in [-0.05, 0) is 27.2 Å². The Labute approximate surface area is 125 Å². The minimum atomic E-state index is -3.56. The van der Waals surface area contributed by atoms with E-state index in [0.717, 1.165) is 0 Å². The maximum absolute atomic E-state index is 11.6. The van der Waals surface area contributed by atoms with E-state index in [1.165, 1.54) is 0 Å². The van der Waals surface area contributed by atoms with Gasteiger partial charge in [0.1, 0.15) is 0 Å². The molecule has 1 amide bonds. The molecule has 0 aliphatic rings. The van der Waals surface area contributed by atoms with Crippen LogP contribution in [0.2, 0.25) is 0 Å². The fraction of sp³-hybridized carbons (Fsp3) is 0.833. The van der Waals surface area contributed by atoms with Crippen molar-refractivity contribution in [3.8, 4) is 0 Å². The van der Waals surface area contributed by atoms with Crippen LogP contribution in [0.1, 0.15) is 33.6 Å². The number of ether oxygens (including phenoxy) is 1. The van der Waals surface area contributed by atoms with Gasteiger partial charge < -0.3 is 15.2 Å². The number of sulfonamides is 1. The third kappa shape index (κ3) is 12.3. The SMILES string of the molecule is CC(CCC(=O)O)NC(=O)CNS(=O)(=O)CCOC(C)C. The molecule has 124 valence electrons. The van der Waals surface area contributed by atoms with Crippen LogP contribution in [0.4, 0.5) is 0 Å². The first-order valence-electron chi connectivity index (χ1n) is 6.72. The molecule has 0 aliphatic heterocycles. The lowest BCUT2D eigenvalue weighted by atomic mass is 10.2. The Hall–Kier alpha value is -1.19. The summed E-state index contributed by atoms with van der Waals surface area (Å²) in [6.45, 7) is 4.94. The van der Waals surface area contributed by atoms with Crippen LogP contribution in [-0.4, -0.2) is 56.5 Å². The van der Waals surface area contributed by atoms with E-state index in [1.807, 2.05) is 0 Å². The lowest BCUT2D eigenvalue weighted by Crippen LogP contribution is -2.42. The molecule has 0 rings (SSSR count). The summed E-state index contributed by atoms with van der Waals surface area (Å²) < 4.78 is 30.4. The molecule has 0 aliphatic carbocycles. The molecule has 1 unspecified atom stereocenters. The first-order chi connectivity index (χ1) is 9.62. The maximum atomic E-state index is 11.6. The number of amides is 1. The number of carbonyl (C=O) groups excluding carboxylic acids is 1. The Balaban J connectivity index is 3.97. The van der Waals surface area contributed by atoms with Crippen molar-refractivity contribution in [1.82, 2.24) is 10.0 Å². The van der Waals surface area contributed by atoms with E-state index in [0.29, 0.717) is 0 Å². The number of nitrogens with one attached hydrogen (secondary N) is 2. The highest BCUT2D eigenvalue weighted by atomic mass is 32.2. The monoisotopic (exact) mass is 324 g/mol. The van der Waals surface area contributed by atoms with Crippen LogP contribution < -0.4 is 10.0 Å². The first kappa shape index (κ1) is 19.8. The van der Waals surface area contributed by atoms with E-state index in [9.17, 15) is 18.0 Å². The number of aliphatic carboxylic acids is 1. The van der Waals surface area contributed by atoms with E-state index in [1.54, 1.807) is 20.8 Å². The van der Waals surface area contributed by atoms with E-state index in [2.05, 4.69) is 10.0 Å². The molecule has 0 aromatic heterocycles. The van der Waals surface area contributed by atoms with Crippen molar-refractivity contribution in [3.63, 3.8) is 0 Å². The summed E-state index contributed by atoms with van der Waals surface area (Å²) in [6.07, 6.45) is 0.175. The fourth-order valence-electron chi connectivity index (χ4n) is 1.38. The lowest BCUT2D eigenvalue weighted by Gasteiger charge is -2.13. The molecule has 0 radical (unpaired) electrons. The van der Waals surface area contributed by atoms with Gasteiger partial charge in [-0.25, -0.2) is 13.1 Å². The zero-order chi connectivity index (χ0) is 16.5. The number of carboxylic acids is 1. The minimum Gasteiger partial charge on any atom is -0.481 e. The first-order valence-corrected chi connectivity index (χ1v) is 8.37. The van der Waals surface area contributed by atoms with Crippen molar-refractivity contribution < 1.29 is 27.9 Å². The van der Waals surface area contributed by atoms with Crippen molar-refractivity contribution in [1.29, 1.82) is 0 Å². The van der Waals surface area contributed by atoms with Gasteiger partial charge in [0.05, 0.1) is 25.0 Å². The molecule has 0 saturated heterocycles. The number of hydrogen-bond acceptors (Lipinski definition) is 5. The summed E-state index contributed by atoms with van der Waals surface area (Å²) in [5.74, 6) is -1.66. The molecule has 0 heterocycles. The van der Waals surface area contributed by atoms with Crippen molar-refractivity contribution in [2.45, 2.75) is 45.8 Å². The van der Waals surface area contributed by atoms with Crippen molar-refractivity contribution in [2.75, 3.05) is 18.9 Å². The molecule has 8 nitrogen and oxygen atoms in total. The smallest absolute Gasteiger partial charge is 0.303 e. The molecule has 9 heteroatoms. The van der Waals surface area contributed by atoms with Gasteiger partial charge in [-0.3, -0.25) is 9.59 Å². The van der Waals surface area contributed by atoms with Gasteiger partial charge in [0.15, 0.2) is 0 Å². The fourth-order valence-corrected chi connectivity index (χ4v) is 2.19. The van der Waals surface area contributed by atoms with E-state index in [-0.39, 0.29) is 43.9 Å². The van der Waals surface area contributed by atoms with Gasteiger partial charge in [0.2, 0.25) is 15.9 Å². The Morgan fingerprint density at radius 1 is 1.24 bits per heavy atom. The third-order valence-electron chi connectivity index (χ3n) is 2.45. The number of carbonyl (C=O) groups is 2. The van der Waals surface area contributed by atoms with Crippen LogP contribution in [0.15, 0.2) is 0 Å². The second kappa shape index (κ2) is 9.69. The summed E-state index contributed by atoms with van der Waals surface area (Å²) in [5.41, 5.74) is 0. The molecular formula is C12H24N2O6S. The zero-order valence-electron chi connectivity index (χ0n) is 12.6. The topological polar surface area (TPSA) is 122 Å². The molecule has 3 N–H and O–H groups in total. The quantitative estimate of drug-likeness (QED) is 0.480. The molecular weight excluding hydrogens is 300 g/mol. The highest BCUT2D eigenvalue weighted by Crippen LogP contribution is 1.96. The maximum Gasteiger partial charge on any atom is 0.303 e. The lowest BCUT2D eigenvalue weighted by molar-refractivity contribution is -0.137. The van der Waals surface area contributed by atoms with Crippen LogP contribution in [0.5, 0.6) is 0 Å². The number of carboxylic acid groups (broad SMARTS) is 1. The summed E-state index contributed by atoms with van der Waals surface area (Å²) in [7, 11) is -3.56. The summed E-state index contributed by atoms with van der Waals surface area (Å²) >= 11 is 0. The van der Waals surface area contributed by atoms with Crippen molar-refractivity contribution in [3.05, 3.63) is 0 Å². The largest absolute Gasteiger partial charge is 0.481 e. The molecule has 21 heavy (non-hydrogen) atoms. The molecule has 0 saturated carbocycles. The zero-order valence-corrected chi connectivity index (χ0v) is 13.4. The molecule has 0 spiro atoms. The van der Waals surface area contributed by atoms with Crippen molar-refractivity contribution >= 4 is 21.9 Å². The third-order valence-corrected chi connectivity index (χ3v) is 3.74. The molecule has 1 atom stereocenters. The van der Waals surface area contributed by atoms with Gasteiger partial charge in [-0.15, -0.1) is 0 Å². The van der Waals surface area contributed by atoms with Crippen molar-refractivity contribution in [2.24, 2.45) is 0 Å². The average Bonchev–Trinajstić information content (AvgIpc) is 2.33. The van der Waals surface area contributed by atoms with Gasteiger partial charge in [-0.2, -0.15) is 0 Å². The van der Waals surface area contributed by atoms with Crippen LogP contribution in [0, 0.1) is 0 Å². The van der Waals surface area contributed by atoms with Crippen LogP contribution in [-0.2, 0) is 24.3 Å². The van der Waals surface area contributed by atoms with Gasteiger partial charge in [-0.1, -0.05) is 0 Å². The normalized spacial score (nSPS) is 13.1.